The summed E-state index contributed by atoms with van der Waals surface area (Å²) in [6.07, 6.45) is 12.5. The van der Waals surface area contributed by atoms with Crippen LogP contribution in [0.4, 0.5) is 17.3 Å². The molecule has 0 unspecified atom stereocenters. The first-order chi connectivity index (χ1) is 21.0. The average molecular weight is 594 g/mol. The Balaban J connectivity index is 1.29. The van der Waals surface area contributed by atoms with Crippen molar-refractivity contribution in [2.75, 3.05) is 36.4 Å². The van der Waals surface area contributed by atoms with Crippen LogP contribution in [0, 0.1) is 0 Å². The number of pyridine rings is 2. The van der Waals surface area contributed by atoms with Crippen LogP contribution >= 0.6 is 11.6 Å². The molecule has 0 spiro atoms. The first-order valence-electron chi connectivity index (χ1n) is 14.6. The fourth-order valence-electron chi connectivity index (χ4n) is 5.95. The number of hydrogen-bond acceptors (Lipinski definition) is 8. The average Bonchev–Trinajstić information content (AvgIpc) is 3.72. The Morgan fingerprint density at radius 2 is 1.93 bits per heavy atom. The van der Waals surface area contributed by atoms with Crippen molar-refractivity contribution in [1.29, 1.82) is 0 Å². The number of fused-ring (bicyclic) bond motifs is 1. The van der Waals surface area contributed by atoms with E-state index >= 15 is 0 Å². The largest absolute Gasteiger partial charge is 0.368 e. The van der Waals surface area contributed by atoms with E-state index < -0.39 is 0 Å². The molecule has 0 amide bonds. The first-order valence-corrected chi connectivity index (χ1v) is 15.0. The molecular formula is C32H32ClN9O. The Morgan fingerprint density at radius 3 is 2.70 bits per heavy atom. The highest BCUT2D eigenvalue weighted by molar-refractivity contribution is 6.33. The van der Waals surface area contributed by atoms with Crippen molar-refractivity contribution in [3.63, 3.8) is 0 Å². The van der Waals surface area contributed by atoms with Gasteiger partial charge in [-0.2, -0.15) is 4.98 Å². The highest BCUT2D eigenvalue weighted by Gasteiger charge is 2.20. The number of piperazine rings is 1. The standard InChI is InChI=1S/C32H32ClN9O/c1-40-14-13-36-30(40)25-17-22-19-37-32(38-23-8-9-28(26(33)18-23)41-15-11-34-12-16-41)39-29(22)42(31(25)43)20-27-24(7-4-10-35-27)21-5-2-3-6-21/h4-5,7-10,13-14,17-19,34H,2-3,6,11-12,15-16,20H2,1H3,(H,37,38,39). The maximum atomic E-state index is 14.1. The second-order valence-corrected chi connectivity index (χ2v) is 11.3. The summed E-state index contributed by atoms with van der Waals surface area (Å²) in [6, 6.07) is 11.7. The maximum absolute atomic E-state index is 14.1. The highest BCUT2D eigenvalue weighted by Crippen LogP contribution is 2.32. The van der Waals surface area contributed by atoms with Gasteiger partial charge in [0.1, 0.15) is 11.5 Å². The van der Waals surface area contributed by atoms with Crippen LogP contribution in [0.2, 0.25) is 5.02 Å². The molecule has 2 aliphatic rings. The number of aryl methyl sites for hydroxylation is 1. The molecule has 4 aromatic heterocycles. The van der Waals surface area contributed by atoms with Gasteiger partial charge < -0.3 is 20.1 Å². The Kier molecular flexibility index (Phi) is 7.38. The lowest BCUT2D eigenvalue weighted by Crippen LogP contribution is -2.43. The summed E-state index contributed by atoms with van der Waals surface area (Å²) in [5.41, 5.74) is 5.77. The molecule has 0 bridgehead atoms. The Hall–Kier alpha value is -4.54. The zero-order chi connectivity index (χ0) is 29.3. The van der Waals surface area contributed by atoms with Crippen molar-refractivity contribution in [2.45, 2.75) is 25.8 Å². The van der Waals surface area contributed by atoms with E-state index in [9.17, 15) is 4.79 Å². The molecule has 0 saturated carbocycles. The molecule has 1 aliphatic carbocycles. The van der Waals surface area contributed by atoms with E-state index in [0.29, 0.717) is 28.0 Å². The first kappa shape index (κ1) is 27.3. The van der Waals surface area contributed by atoms with E-state index in [4.69, 9.17) is 21.6 Å². The van der Waals surface area contributed by atoms with Crippen LogP contribution in [0.3, 0.4) is 0 Å². The number of anilines is 3. The molecule has 10 nitrogen and oxygen atoms in total. The van der Waals surface area contributed by atoms with E-state index in [-0.39, 0.29) is 12.1 Å². The molecule has 0 radical (unpaired) electrons. The number of nitrogens with one attached hydrogen (secondary N) is 2. The molecular weight excluding hydrogens is 562 g/mol. The number of hydrogen-bond donors (Lipinski definition) is 2. The van der Waals surface area contributed by atoms with Crippen LogP contribution in [-0.4, -0.2) is 55.2 Å². The summed E-state index contributed by atoms with van der Waals surface area (Å²) in [4.78, 5) is 35.0. The second-order valence-electron chi connectivity index (χ2n) is 10.9. The third-order valence-corrected chi connectivity index (χ3v) is 8.44. The molecule has 218 valence electrons. The van der Waals surface area contributed by atoms with Gasteiger partial charge in [-0.15, -0.1) is 0 Å². The van der Waals surface area contributed by atoms with Crippen LogP contribution in [0.15, 0.2) is 72.1 Å². The van der Waals surface area contributed by atoms with Gasteiger partial charge >= 0.3 is 0 Å². The number of nitrogens with zero attached hydrogens (tertiary/aromatic N) is 7. The molecule has 5 heterocycles. The van der Waals surface area contributed by atoms with E-state index in [1.54, 1.807) is 23.2 Å². The number of imidazole rings is 1. The quantitative estimate of drug-likeness (QED) is 0.271. The van der Waals surface area contributed by atoms with Crippen molar-refractivity contribution in [3.05, 3.63) is 93.9 Å². The molecule has 1 saturated heterocycles. The lowest BCUT2D eigenvalue weighted by atomic mass is 10.0. The minimum atomic E-state index is -0.188. The third kappa shape index (κ3) is 5.39. The van der Waals surface area contributed by atoms with Crippen molar-refractivity contribution < 1.29 is 0 Å². The molecule has 11 heteroatoms. The Labute approximate surface area is 254 Å². The molecule has 43 heavy (non-hydrogen) atoms. The van der Waals surface area contributed by atoms with E-state index in [0.717, 1.165) is 73.5 Å². The smallest absolute Gasteiger partial charge is 0.263 e. The van der Waals surface area contributed by atoms with E-state index in [1.165, 1.54) is 5.57 Å². The zero-order valence-corrected chi connectivity index (χ0v) is 24.7. The van der Waals surface area contributed by atoms with Gasteiger partial charge in [-0.05, 0) is 55.2 Å². The predicted molar refractivity (Wildman–Crippen MR) is 171 cm³/mol. The summed E-state index contributed by atoms with van der Waals surface area (Å²) in [7, 11) is 1.88. The Bertz CT molecular complexity index is 1910. The normalized spacial score (nSPS) is 15.2. The number of aromatic nitrogens is 6. The predicted octanol–water partition coefficient (Wildman–Crippen LogP) is 5.01. The molecule has 1 aromatic carbocycles. The van der Waals surface area contributed by atoms with Gasteiger partial charge in [0.2, 0.25) is 5.95 Å². The number of rotatable bonds is 7. The monoisotopic (exact) mass is 593 g/mol. The van der Waals surface area contributed by atoms with Gasteiger partial charge in [-0.3, -0.25) is 14.3 Å². The summed E-state index contributed by atoms with van der Waals surface area (Å²) < 4.78 is 3.53. The van der Waals surface area contributed by atoms with Crippen molar-refractivity contribution in [1.82, 2.24) is 34.4 Å². The third-order valence-electron chi connectivity index (χ3n) is 8.14. The lowest BCUT2D eigenvalue weighted by molar-refractivity contribution is 0.589. The molecule has 1 fully saturated rings. The van der Waals surface area contributed by atoms with Crippen LogP contribution in [0.5, 0.6) is 0 Å². The van der Waals surface area contributed by atoms with Gasteiger partial charge in [0.05, 0.1) is 28.5 Å². The number of benzene rings is 1. The van der Waals surface area contributed by atoms with E-state index in [2.05, 4.69) is 37.6 Å². The minimum absolute atomic E-state index is 0.188. The van der Waals surface area contributed by atoms with Gasteiger partial charge in [0.25, 0.3) is 5.56 Å². The van der Waals surface area contributed by atoms with Crippen LogP contribution in [-0.2, 0) is 13.6 Å². The fourth-order valence-corrected chi connectivity index (χ4v) is 6.25. The molecule has 7 rings (SSSR count). The van der Waals surface area contributed by atoms with Crippen LogP contribution in [0.25, 0.3) is 28.0 Å². The molecule has 1 aliphatic heterocycles. The SMILES string of the molecule is Cn1ccnc1-c1cc2cnc(Nc3ccc(N4CCNCC4)c(Cl)c3)nc2n(Cc2ncccc2C2=CCCC2)c1=O. The summed E-state index contributed by atoms with van der Waals surface area (Å²) >= 11 is 6.70. The minimum Gasteiger partial charge on any atom is -0.368 e. The summed E-state index contributed by atoms with van der Waals surface area (Å²) in [5.74, 6) is 0.956. The van der Waals surface area contributed by atoms with Gasteiger partial charge in [0, 0.05) is 74.7 Å². The Morgan fingerprint density at radius 1 is 1.05 bits per heavy atom. The van der Waals surface area contributed by atoms with Crippen LogP contribution < -0.4 is 21.1 Å². The fraction of sp³-hybridized carbons (Fsp3) is 0.281. The summed E-state index contributed by atoms with van der Waals surface area (Å²) in [5, 5.41) is 8.05. The van der Waals surface area contributed by atoms with Crippen molar-refractivity contribution in [3.8, 4) is 11.4 Å². The van der Waals surface area contributed by atoms with Crippen molar-refractivity contribution >= 4 is 45.5 Å². The van der Waals surface area contributed by atoms with Crippen molar-refractivity contribution in [2.24, 2.45) is 7.05 Å². The number of allylic oxidation sites excluding steroid dienone is 2. The zero-order valence-electron chi connectivity index (χ0n) is 23.9. The molecule has 2 N–H and O–H groups in total. The van der Waals surface area contributed by atoms with Gasteiger partial charge in [-0.25, -0.2) is 9.97 Å². The summed E-state index contributed by atoms with van der Waals surface area (Å²) in [6.45, 7) is 3.95. The lowest BCUT2D eigenvalue weighted by Gasteiger charge is -2.30. The topological polar surface area (TPSA) is 106 Å². The van der Waals surface area contributed by atoms with Gasteiger partial charge in [0.15, 0.2) is 0 Å². The number of halogens is 1. The second kappa shape index (κ2) is 11.6. The van der Waals surface area contributed by atoms with Gasteiger partial charge in [-0.1, -0.05) is 23.7 Å². The van der Waals surface area contributed by atoms with Crippen LogP contribution in [0.1, 0.15) is 30.5 Å². The van der Waals surface area contributed by atoms with E-state index in [1.807, 2.05) is 48.1 Å². The highest BCUT2D eigenvalue weighted by atomic mass is 35.5. The maximum Gasteiger partial charge on any atom is 0.263 e. The molecule has 5 aromatic rings. The molecule has 0 atom stereocenters.